The summed E-state index contributed by atoms with van der Waals surface area (Å²) in [7, 11) is 3.16. The second-order valence-electron chi connectivity index (χ2n) is 6.85. The van der Waals surface area contributed by atoms with Gasteiger partial charge >= 0.3 is 0 Å². The molecule has 0 atom stereocenters. The topological polar surface area (TPSA) is 72.5 Å². The minimum Gasteiger partial charge on any atom is -0.493 e. The lowest BCUT2D eigenvalue weighted by atomic mass is 10.0. The highest BCUT2D eigenvalue weighted by molar-refractivity contribution is 6.32. The molecule has 152 valence electrons. The molecule has 0 saturated carbocycles. The van der Waals surface area contributed by atoms with Crippen LogP contribution in [0.15, 0.2) is 66.6 Å². The lowest BCUT2D eigenvalue weighted by Gasteiger charge is -2.14. The molecule has 2 heterocycles. The number of carbonyl (C=O) groups excluding carboxylic acids is 1. The summed E-state index contributed by atoms with van der Waals surface area (Å²) in [5.74, 6) is 1.02. The van der Waals surface area contributed by atoms with Crippen molar-refractivity contribution in [1.29, 1.82) is 0 Å². The number of carbonyl (C=O) groups is 1. The molecular formula is C24H23N3O3. The molecule has 1 aliphatic heterocycles. The fourth-order valence-corrected chi connectivity index (χ4v) is 3.59. The van der Waals surface area contributed by atoms with Crippen molar-refractivity contribution in [2.24, 2.45) is 0 Å². The monoisotopic (exact) mass is 401 g/mol. The average Bonchev–Trinajstić information content (AvgIpc) is 3.12. The standard InChI is InChI=1S/C24H23N3O3/c1-4-19(26-17-7-5-15(6-8-17)16-9-11-25-12-10-16)23-18-13-21(29-2)22(30-3)14-20(18)27-24(23)28/h5-14,26H,4H2,1-3H3,(H,27,28)/b23-19+. The van der Waals surface area contributed by atoms with E-state index in [0.717, 1.165) is 28.1 Å². The number of nitrogens with one attached hydrogen (secondary N) is 2. The van der Waals surface area contributed by atoms with E-state index in [2.05, 4.69) is 15.6 Å². The number of allylic oxidation sites excluding steroid dienone is 1. The Morgan fingerprint density at radius 3 is 2.23 bits per heavy atom. The number of pyridine rings is 1. The van der Waals surface area contributed by atoms with E-state index in [1.54, 1.807) is 32.7 Å². The van der Waals surface area contributed by atoms with Crippen LogP contribution in [0.25, 0.3) is 16.7 Å². The fourth-order valence-electron chi connectivity index (χ4n) is 3.59. The van der Waals surface area contributed by atoms with Gasteiger partial charge in [-0.2, -0.15) is 0 Å². The van der Waals surface area contributed by atoms with Gasteiger partial charge in [0.25, 0.3) is 5.91 Å². The summed E-state index contributed by atoms with van der Waals surface area (Å²) in [6.45, 7) is 2.02. The second kappa shape index (κ2) is 8.29. The van der Waals surface area contributed by atoms with Crippen LogP contribution in [-0.4, -0.2) is 25.1 Å². The number of amides is 1. The quantitative estimate of drug-likeness (QED) is 0.572. The third-order valence-corrected chi connectivity index (χ3v) is 5.12. The summed E-state index contributed by atoms with van der Waals surface area (Å²) >= 11 is 0. The van der Waals surface area contributed by atoms with E-state index in [4.69, 9.17) is 9.47 Å². The molecule has 0 fully saturated rings. The Labute approximate surface area is 175 Å². The molecule has 2 aromatic carbocycles. The first-order valence-electron chi connectivity index (χ1n) is 9.73. The smallest absolute Gasteiger partial charge is 0.258 e. The Kier molecular flexibility index (Phi) is 5.39. The van der Waals surface area contributed by atoms with Crippen molar-refractivity contribution in [2.75, 3.05) is 24.9 Å². The zero-order valence-electron chi connectivity index (χ0n) is 17.2. The van der Waals surface area contributed by atoms with Crippen LogP contribution < -0.4 is 20.1 Å². The third kappa shape index (κ3) is 3.59. The molecule has 2 N–H and O–H groups in total. The molecule has 0 aliphatic carbocycles. The van der Waals surface area contributed by atoms with Crippen molar-refractivity contribution in [1.82, 2.24) is 4.98 Å². The van der Waals surface area contributed by atoms with E-state index >= 15 is 0 Å². The van der Waals surface area contributed by atoms with E-state index in [1.165, 1.54) is 0 Å². The van der Waals surface area contributed by atoms with Gasteiger partial charge in [-0.25, -0.2) is 0 Å². The SMILES string of the molecule is CC/C(Nc1ccc(-c2ccncc2)cc1)=C1\C(=O)Nc2cc(OC)c(OC)cc21. The molecule has 1 amide bonds. The Balaban J connectivity index is 1.68. The number of rotatable bonds is 6. The lowest BCUT2D eigenvalue weighted by molar-refractivity contribution is -0.110. The van der Waals surface area contributed by atoms with E-state index in [-0.39, 0.29) is 5.91 Å². The number of fused-ring (bicyclic) bond motifs is 1. The highest BCUT2D eigenvalue weighted by Gasteiger charge is 2.29. The number of hydrogen-bond acceptors (Lipinski definition) is 5. The Hall–Kier alpha value is -3.80. The second-order valence-corrected chi connectivity index (χ2v) is 6.85. The van der Waals surface area contributed by atoms with Crippen LogP contribution in [0, 0.1) is 0 Å². The van der Waals surface area contributed by atoms with E-state index in [0.29, 0.717) is 29.2 Å². The maximum Gasteiger partial charge on any atom is 0.258 e. The molecule has 0 unspecified atom stereocenters. The molecule has 4 rings (SSSR count). The predicted octanol–water partition coefficient (Wildman–Crippen LogP) is 4.95. The van der Waals surface area contributed by atoms with Crippen molar-refractivity contribution in [2.45, 2.75) is 13.3 Å². The van der Waals surface area contributed by atoms with Crippen LogP contribution in [0.2, 0.25) is 0 Å². The molecule has 1 aliphatic rings. The van der Waals surface area contributed by atoms with Crippen molar-refractivity contribution < 1.29 is 14.3 Å². The highest BCUT2D eigenvalue weighted by atomic mass is 16.5. The van der Waals surface area contributed by atoms with E-state index < -0.39 is 0 Å². The van der Waals surface area contributed by atoms with Gasteiger partial charge in [-0.3, -0.25) is 9.78 Å². The average molecular weight is 401 g/mol. The van der Waals surface area contributed by atoms with Gasteiger partial charge in [-0.1, -0.05) is 19.1 Å². The minimum atomic E-state index is -0.141. The number of methoxy groups -OCH3 is 2. The maximum atomic E-state index is 12.8. The molecule has 0 bridgehead atoms. The van der Waals surface area contributed by atoms with Gasteiger partial charge in [0, 0.05) is 35.4 Å². The van der Waals surface area contributed by atoms with Gasteiger partial charge < -0.3 is 20.1 Å². The van der Waals surface area contributed by atoms with Gasteiger partial charge in [0.05, 0.1) is 25.5 Å². The number of ether oxygens (including phenoxy) is 2. The Morgan fingerprint density at radius 2 is 1.60 bits per heavy atom. The molecule has 1 aromatic heterocycles. The zero-order valence-corrected chi connectivity index (χ0v) is 17.2. The molecule has 0 radical (unpaired) electrons. The summed E-state index contributed by atoms with van der Waals surface area (Å²) in [6.07, 6.45) is 4.23. The van der Waals surface area contributed by atoms with Crippen molar-refractivity contribution in [3.8, 4) is 22.6 Å². The molecule has 6 nitrogen and oxygen atoms in total. The first kappa shape index (κ1) is 19.5. The highest BCUT2D eigenvalue weighted by Crippen LogP contribution is 2.42. The first-order chi connectivity index (χ1) is 14.6. The number of nitrogens with zero attached hydrogens (tertiary/aromatic N) is 1. The van der Waals surface area contributed by atoms with E-state index in [9.17, 15) is 4.79 Å². The Morgan fingerprint density at radius 1 is 0.967 bits per heavy atom. The third-order valence-electron chi connectivity index (χ3n) is 5.12. The van der Waals surface area contributed by atoms with Gasteiger partial charge in [0.1, 0.15) is 0 Å². The minimum absolute atomic E-state index is 0.141. The zero-order chi connectivity index (χ0) is 21.1. The largest absolute Gasteiger partial charge is 0.493 e. The number of aromatic nitrogens is 1. The van der Waals surface area contributed by atoms with Crippen molar-refractivity contribution in [3.05, 3.63) is 72.2 Å². The van der Waals surface area contributed by atoms with Crippen molar-refractivity contribution >= 4 is 22.9 Å². The number of anilines is 2. The lowest BCUT2D eigenvalue weighted by Crippen LogP contribution is -2.10. The normalized spacial score (nSPS) is 14.0. The van der Waals surface area contributed by atoms with Crippen molar-refractivity contribution in [3.63, 3.8) is 0 Å². The van der Waals surface area contributed by atoms with Gasteiger partial charge in [0.2, 0.25) is 0 Å². The predicted molar refractivity (Wildman–Crippen MR) is 119 cm³/mol. The van der Waals surface area contributed by atoms with E-state index in [1.807, 2.05) is 49.4 Å². The molecule has 0 spiro atoms. The van der Waals surface area contributed by atoms with Crippen LogP contribution in [0.5, 0.6) is 11.5 Å². The van der Waals surface area contributed by atoms with Gasteiger partial charge in [-0.15, -0.1) is 0 Å². The van der Waals surface area contributed by atoms with Crippen LogP contribution >= 0.6 is 0 Å². The summed E-state index contributed by atoms with van der Waals surface area (Å²) < 4.78 is 10.8. The maximum absolute atomic E-state index is 12.8. The first-order valence-corrected chi connectivity index (χ1v) is 9.73. The number of hydrogen-bond donors (Lipinski definition) is 2. The molecule has 3 aromatic rings. The molecule has 0 saturated heterocycles. The molecular weight excluding hydrogens is 378 g/mol. The summed E-state index contributed by atoms with van der Waals surface area (Å²) in [5.41, 5.74) is 6.11. The molecule has 30 heavy (non-hydrogen) atoms. The van der Waals surface area contributed by atoms with Crippen LogP contribution in [0.1, 0.15) is 18.9 Å². The summed E-state index contributed by atoms with van der Waals surface area (Å²) in [6, 6.07) is 15.7. The van der Waals surface area contributed by atoms with Gasteiger partial charge in [0.15, 0.2) is 11.5 Å². The Bertz CT molecular complexity index is 1110. The van der Waals surface area contributed by atoms with Crippen LogP contribution in [-0.2, 0) is 4.79 Å². The summed E-state index contributed by atoms with van der Waals surface area (Å²) in [5, 5.41) is 6.35. The van der Waals surface area contributed by atoms with Crippen LogP contribution in [0.4, 0.5) is 11.4 Å². The van der Waals surface area contributed by atoms with Gasteiger partial charge in [-0.05, 0) is 47.9 Å². The van der Waals surface area contributed by atoms with Crippen LogP contribution in [0.3, 0.4) is 0 Å². The number of benzene rings is 2. The summed E-state index contributed by atoms with van der Waals surface area (Å²) in [4.78, 5) is 16.8. The molecule has 6 heteroatoms. The fraction of sp³-hybridized carbons (Fsp3) is 0.167.